The predicted molar refractivity (Wildman–Crippen MR) is 84.7 cm³/mol. The topological polar surface area (TPSA) is 76.5 Å². The molecule has 0 saturated carbocycles. The van der Waals surface area contributed by atoms with Crippen LogP contribution in [0.25, 0.3) is 0 Å². The molecule has 1 atom stereocenters. The molecule has 0 spiro atoms. The van der Waals surface area contributed by atoms with Gasteiger partial charge in [0.2, 0.25) is 11.8 Å². The highest BCUT2D eigenvalue weighted by atomic mass is 32.1. The zero-order valence-corrected chi connectivity index (χ0v) is 13.6. The van der Waals surface area contributed by atoms with Crippen molar-refractivity contribution in [3.05, 3.63) is 40.3 Å². The molecule has 1 unspecified atom stereocenters. The largest absolute Gasteiger partial charge is 0.375 e. The van der Waals surface area contributed by atoms with Crippen molar-refractivity contribution in [2.45, 2.75) is 19.1 Å². The second-order valence-corrected chi connectivity index (χ2v) is 6.32. The van der Waals surface area contributed by atoms with E-state index in [1.807, 2.05) is 23.6 Å². The number of rotatable bonds is 5. The molecule has 23 heavy (non-hydrogen) atoms. The van der Waals surface area contributed by atoms with Gasteiger partial charge in [0.05, 0.1) is 25.3 Å². The van der Waals surface area contributed by atoms with Gasteiger partial charge in [0, 0.05) is 18.2 Å². The minimum Gasteiger partial charge on any atom is -0.375 e. The Morgan fingerprint density at radius 3 is 3.09 bits per heavy atom. The van der Waals surface area contributed by atoms with E-state index in [0.29, 0.717) is 19.6 Å². The third kappa shape index (κ3) is 3.43. The zero-order chi connectivity index (χ0) is 16.2. The van der Waals surface area contributed by atoms with E-state index in [1.54, 1.807) is 27.1 Å². The fraction of sp³-hybridized carbons (Fsp3) is 0.400. The first-order valence-electron chi connectivity index (χ1n) is 7.28. The molecule has 2 amide bonds. The van der Waals surface area contributed by atoms with E-state index in [2.05, 4.69) is 10.4 Å². The quantitative estimate of drug-likeness (QED) is 0.877. The van der Waals surface area contributed by atoms with Crippen molar-refractivity contribution in [2.75, 3.05) is 20.3 Å². The first-order valence-corrected chi connectivity index (χ1v) is 8.16. The molecule has 0 fully saturated rings. The molecule has 0 aromatic carbocycles. The smallest absolute Gasteiger partial charge is 0.248 e. The number of thiophene rings is 1. The predicted octanol–water partition coefficient (Wildman–Crippen LogP) is 0.791. The summed E-state index contributed by atoms with van der Waals surface area (Å²) in [7, 11) is 1.48. The number of hydrogen-bond acceptors (Lipinski definition) is 5. The van der Waals surface area contributed by atoms with Crippen LogP contribution in [0.1, 0.15) is 16.6 Å². The van der Waals surface area contributed by atoms with E-state index < -0.39 is 6.04 Å². The van der Waals surface area contributed by atoms with Gasteiger partial charge in [-0.3, -0.25) is 14.3 Å². The van der Waals surface area contributed by atoms with Gasteiger partial charge in [-0.2, -0.15) is 5.10 Å². The maximum atomic E-state index is 12.5. The van der Waals surface area contributed by atoms with Gasteiger partial charge in [-0.15, -0.1) is 11.3 Å². The Hall–Kier alpha value is -2.19. The molecule has 7 nitrogen and oxygen atoms in total. The van der Waals surface area contributed by atoms with Gasteiger partial charge in [0.25, 0.3) is 0 Å². The van der Waals surface area contributed by atoms with Crippen molar-refractivity contribution in [3.8, 4) is 0 Å². The molecule has 0 aliphatic carbocycles. The summed E-state index contributed by atoms with van der Waals surface area (Å²) in [6.45, 7) is 1.23. The van der Waals surface area contributed by atoms with E-state index >= 15 is 0 Å². The summed E-state index contributed by atoms with van der Waals surface area (Å²) in [6.07, 6.45) is 1.65. The van der Waals surface area contributed by atoms with Crippen molar-refractivity contribution < 1.29 is 14.3 Å². The number of ether oxygens (including phenoxy) is 1. The first-order chi connectivity index (χ1) is 11.2. The number of aromatic nitrogens is 2. The maximum absolute atomic E-state index is 12.5. The molecule has 2 aromatic rings. The summed E-state index contributed by atoms with van der Waals surface area (Å²) in [4.78, 5) is 27.3. The number of carbonyl (C=O) groups excluding carboxylic acids is 2. The molecule has 0 saturated heterocycles. The van der Waals surface area contributed by atoms with Crippen molar-refractivity contribution in [1.29, 1.82) is 0 Å². The SMILES string of the molecule is COCC(=O)N1Cc2ccnn2C(C(=O)NCc2cccs2)C1. The van der Waals surface area contributed by atoms with E-state index in [1.165, 1.54) is 7.11 Å². The Balaban J connectivity index is 1.72. The van der Waals surface area contributed by atoms with Crippen LogP contribution < -0.4 is 5.32 Å². The minimum absolute atomic E-state index is 0.0116. The molecule has 0 bridgehead atoms. The monoisotopic (exact) mass is 334 g/mol. The summed E-state index contributed by atoms with van der Waals surface area (Å²) in [5, 5.41) is 9.12. The summed E-state index contributed by atoms with van der Waals surface area (Å²) in [5.41, 5.74) is 0.844. The summed E-state index contributed by atoms with van der Waals surface area (Å²) in [5.74, 6) is -0.269. The maximum Gasteiger partial charge on any atom is 0.248 e. The second kappa shape index (κ2) is 6.93. The van der Waals surface area contributed by atoms with Crippen LogP contribution in [0.5, 0.6) is 0 Å². The Morgan fingerprint density at radius 1 is 1.48 bits per heavy atom. The van der Waals surface area contributed by atoms with Crippen LogP contribution in [-0.2, 0) is 27.4 Å². The van der Waals surface area contributed by atoms with Gasteiger partial charge in [0.15, 0.2) is 0 Å². The number of amides is 2. The molecule has 1 aliphatic heterocycles. The van der Waals surface area contributed by atoms with E-state index in [4.69, 9.17) is 4.74 Å². The zero-order valence-electron chi connectivity index (χ0n) is 12.8. The highest BCUT2D eigenvalue weighted by Crippen LogP contribution is 2.21. The molecule has 2 aromatic heterocycles. The first kappa shape index (κ1) is 15.7. The molecule has 1 aliphatic rings. The highest BCUT2D eigenvalue weighted by Gasteiger charge is 2.32. The summed E-state index contributed by atoms with van der Waals surface area (Å²) < 4.78 is 6.60. The lowest BCUT2D eigenvalue weighted by Crippen LogP contribution is -2.47. The Kier molecular flexibility index (Phi) is 4.73. The van der Waals surface area contributed by atoms with Gasteiger partial charge >= 0.3 is 0 Å². The van der Waals surface area contributed by atoms with Crippen LogP contribution in [0.3, 0.4) is 0 Å². The number of hydrogen-bond donors (Lipinski definition) is 1. The van der Waals surface area contributed by atoms with Gasteiger partial charge in [-0.05, 0) is 17.5 Å². The van der Waals surface area contributed by atoms with Crippen molar-refractivity contribution in [3.63, 3.8) is 0 Å². The molecule has 1 N–H and O–H groups in total. The fourth-order valence-electron chi connectivity index (χ4n) is 2.60. The average molecular weight is 334 g/mol. The molecule has 122 valence electrons. The normalized spacial score (nSPS) is 16.9. The summed E-state index contributed by atoms with van der Waals surface area (Å²) >= 11 is 1.59. The van der Waals surface area contributed by atoms with Crippen LogP contribution in [-0.4, -0.2) is 46.8 Å². The standard InChI is InChI=1S/C15H18N4O3S/c1-22-10-14(20)18-8-11-4-5-17-19(11)13(9-18)15(21)16-7-12-3-2-6-23-12/h2-6,13H,7-10H2,1H3,(H,16,21). The molecule has 3 rings (SSSR count). The van der Waals surface area contributed by atoms with Crippen molar-refractivity contribution in [2.24, 2.45) is 0 Å². The lowest BCUT2D eigenvalue weighted by atomic mass is 10.1. The molecular formula is C15H18N4O3S. The van der Waals surface area contributed by atoms with Gasteiger partial charge in [-0.25, -0.2) is 0 Å². The molecule has 8 heteroatoms. The van der Waals surface area contributed by atoms with Crippen LogP contribution in [0.15, 0.2) is 29.8 Å². The number of fused-ring (bicyclic) bond motifs is 1. The molecule has 3 heterocycles. The third-order valence-corrected chi connectivity index (χ3v) is 4.61. The van der Waals surface area contributed by atoms with Gasteiger partial charge < -0.3 is 15.0 Å². The average Bonchev–Trinajstić information content (AvgIpc) is 3.22. The van der Waals surface area contributed by atoms with Crippen LogP contribution in [0, 0.1) is 0 Å². The highest BCUT2D eigenvalue weighted by molar-refractivity contribution is 7.09. The lowest BCUT2D eigenvalue weighted by molar-refractivity contribution is -0.139. The van der Waals surface area contributed by atoms with Crippen molar-refractivity contribution >= 4 is 23.2 Å². The number of nitrogens with one attached hydrogen (secondary N) is 1. The second-order valence-electron chi connectivity index (χ2n) is 5.29. The van der Waals surface area contributed by atoms with Gasteiger partial charge in [-0.1, -0.05) is 6.07 Å². The summed E-state index contributed by atoms with van der Waals surface area (Å²) in [6, 6.07) is 5.23. The molecule has 0 radical (unpaired) electrons. The third-order valence-electron chi connectivity index (χ3n) is 3.73. The van der Waals surface area contributed by atoms with Crippen LogP contribution in [0.2, 0.25) is 0 Å². The number of nitrogens with zero attached hydrogens (tertiary/aromatic N) is 3. The lowest BCUT2D eigenvalue weighted by Gasteiger charge is -2.33. The van der Waals surface area contributed by atoms with E-state index in [-0.39, 0.29) is 18.4 Å². The van der Waals surface area contributed by atoms with E-state index in [0.717, 1.165) is 10.6 Å². The number of methoxy groups -OCH3 is 1. The Labute approximate surface area is 137 Å². The van der Waals surface area contributed by atoms with Crippen LogP contribution >= 0.6 is 11.3 Å². The van der Waals surface area contributed by atoms with E-state index in [9.17, 15) is 9.59 Å². The Morgan fingerprint density at radius 2 is 2.35 bits per heavy atom. The minimum atomic E-state index is -0.519. The Bertz CT molecular complexity index is 683. The number of carbonyl (C=O) groups is 2. The van der Waals surface area contributed by atoms with Crippen LogP contribution in [0.4, 0.5) is 0 Å². The van der Waals surface area contributed by atoms with Gasteiger partial charge in [0.1, 0.15) is 12.6 Å². The fourth-order valence-corrected chi connectivity index (χ4v) is 3.24. The molecular weight excluding hydrogens is 316 g/mol. The van der Waals surface area contributed by atoms with Crippen molar-refractivity contribution in [1.82, 2.24) is 20.0 Å².